The molecule has 1 saturated carbocycles. The number of nitrogens with zero attached hydrogens (tertiary/aromatic N) is 3. The predicted molar refractivity (Wildman–Crippen MR) is 68.2 cm³/mol. The number of hydrogen-bond acceptors (Lipinski definition) is 4. The fourth-order valence-corrected chi connectivity index (χ4v) is 2.45. The van der Waals surface area contributed by atoms with Gasteiger partial charge >= 0.3 is 5.97 Å². The SMILES string of the molecule is CCOC1CC(n2nnc3cc(C(=O)O)ccc32)C1. The van der Waals surface area contributed by atoms with Gasteiger partial charge < -0.3 is 9.84 Å². The van der Waals surface area contributed by atoms with E-state index in [2.05, 4.69) is 10.3 Å². The largest absolute Gasteiger partial charge is 0.478 e. The molecule has 1 heterocycles. The first-order valence-electron chi connectivity index (χ1n) is 6.39. The average Bonchev–Trinajstić information content (AvgIpc) is 2.75. The molecular weight excluding hydrogens is 246 g/mol. The van der Waals surface area contributed by atoms with E-state index < -0.39 is 5.97 Å². The summed E-state index contributed by atoms with van der Waals surface area (Å²) in [4.78, 5) is 10.9. The number of carboxylic acid groups (broad SMARTS) is 1. The summed E-state index contributed by atoms with van der Waals surface area (Å²) < 4.78 is 7.40. The summed E-state index contributed by atoms with van der Waals surface area (Å²) in [7, 11) is 0. The van der Waals surface area contributed by atoms with E-state index in [1.165, 1.54) is 0 Å². The van der Waals surface area contributed by atoms with E-state index in [-0.39, 0.29) is 5.56 Å². The number of aromatic carboxylic acids is 1. The van der Waals surface area contributed by atoms with E-state index in [1.807, 2.05) is 11.6 Å². The third-order valence-electron chi connectivity index (χ3n) is 3.54. The van der Waals surface area contributed by atoms with Crippen LogP contribution in [0.25, 0.3) is 11.0 Å². The van der Waals surface area contributed by atoms with Gasteiger partial charge in [-0.05, 0) is 38.0 Å². The van der Waals surface area contributed by atoms with Crippen LogP contribution in [-0.2, 0) is 4.74 Å². The van der Waals surface area contributed by atoms with Gasteiger partial charge in [0.2, 0.25) is 0 Å². The molecule has 100 valence electrons. The van der Waals surface area contributed by atoms with E-state index in [9.17, 15) is 4.79 Å². The summed E-state index contributed by atoms with van der Waals surface area (Å²) in [6.45, 7) is 2.73. The van der Waals surface area contributed by atoms with E-state index in [1.54, 1.807) is 18.2 Å². The first kappa shape index (κ1) is 12.1. The highest BCUT2D eigenvalue weighted by Gasteiger charge is 2.32. The number of ether oxygens (including phenoxy) is 1. The van der Waals surface area contributed by atoms with Crippen molar-refractivity contribution < 1.29 is 14.6 Å². The van der Waals surface area contributed by atoms with Crippen molar-refractivity contribution in [1.29, 1.82) is 0 Å². The summed E-state index contributed by atoms with van der Waals surface area (Å²) in [6.07, 6.45) is 2.19. The van der Waals surface area contributed by atoms with Gasteiger partial charge in [0.05, 0.1) is 23.2 Å². The molecule has 2 aromatic rings. The van der Waals surface area contributed by atoms with Gasteiger partial charge in [-0.1, -0.05) is 5.21 Å². The molecule has 3 rings (SSSR count). The van der Waals surface area contributed by atoms with Crippen LogP contribution in [0, 0.1) is 0 Å². The number of carbonyl (C=O) groups is 1. The molecule has 0 saturated heterocycles. The zero-order chi connectivity index (χ0) is 13.4. The van der Waals surface area contributed by atoms with Crippen molar-refractivity contribution in [3.8, 4) is 0 Å². The molecule has 6 nitrogen and oxygen atoms in total. The summed E-state index contributed by atoms with van der Waals surface area (Å²) in [5.74, 6) is -0.948. The molecule has 1 fully saturated rings. The highest BCUT2D eigenvalue weighted by atomic mass is 16.5. The highest BCUT2D eigenvalue weighted by Crippen LogP contribution is 2.35. The zero-order valence-electron chi connectivity index (χ0n) is 10.6. The molecule has 1 N–H and O–H groups in total. The number of rotatable bonds is 4. The molecule has 0 bridgehead atoms. The van der Waals surface area contributed by atoms with Gasteiger partial charge in [0.25, 0.3) is 0 Å². The van der Waals surface area contributed by atoms with Gasteiger partial charge in [-0.2, -0.15) is 0 Å². The monoisotopic (exact) mass is 261 g/mol. The number of carboxylic acids is 1. The Morgan fingerprint density at radius 1 is 1.53 bits per heavy atom. The van der Waals surface area contributed by atoms with Crippen LogP contribution in [-0.4, -0.2) is 38.8 Å². The Hall–Kier alpha value is -1.95. The van der Waals surface area contributed by atoms with Crippen molar-refractivity contribution in [2.45, 2.75) is 31.9 Å². The molecule has 0 atom stereocenters. The quantitative estimate of drug-likeness (QED) is 0.909. The van der Waals surface area contributed by atoms with Gasteiger partial charge in [0, 0.05) is 6.61 Å². The van der Waals surface area contributed by atoms with Crippen LogP contribution in [0.3, 0.4) is 0 Å². The van der Waals surface area contributed by atoms with Crippen molar-refractivity contribution in [1.82, 2.24) is 15.0 Å². The Morgan fingerprint density at radius 3 is 3.00 bits per heavy atom. The number of fused-ring (bicyclic) bond motifs is 1. The summed E-state index contributed by atoms with van der Waals surface area (Å²) in [5.41, 5.74) is 1.74. The second-order valence-corrected chi connectivity index (χ2v) is 4.75. The van der Waals surface area contributed by atoms with Crippen LogP contribution in [0.2, 0.25) is 0 Å². The molecule has 1 aliphatic carbocycles. The second kappa shape index (κ2) is 4.62. The molecule has 1 aliphatic rings. The van der Waals surface area contributed by atoms with Crippen molar-refractivity contribution in [2.75, 3.05) is 6.61 Å². The van der Waals surface area contributed by atoms with E-state index in [0.717, 1.165) is 25.0 Å². The minimum Gasteiger partial charge on any atom is -0.478 e. The smallest absolute Gasteiger partial charge is 0.335 e. The van der Waals surface area contributed by atoms with Crippen molar-refractivity contribution in [3.05, 3.63) is 23.8 Å². The van der Waals surface area contributed by atoms with Gasteiger partial charge in [0.1, 0.15) is 5.52 Å². The summed E-state index contributed by atoms with van der Waals surface area (Å²) in [6, 6.07) is 5.22. The fraction of sp³-hybridized carbons (Fsp3) is 0.462. The Labute approximate surface area is 110 Å². The van der Waals surface area contributed by atoms with E-state index >= 15 is 0 Å². The lowest BCUT2D eigenvalue weighted by Gasteiger charge is -2.34. The first-order valence-corrected chi connectivity index (χ1v) is 6.39. The van der Waals surface area contributed by atoms with Crippen LogP contribution < -0.4 is 0 Å². The number of aromatic nitrogens is 3. The second-order valence-electron chi connectivity index (χ2n) is 4.75. The maximum atomic E-state index is 10.9. The van der Waals surface area contributed by atoms with Gasteiger partial charge in [-0.15, -0.1) is 5.10 Å². The molecule has 0 unspecified atom stereocenters. The minimum absolute atomic E-state index is 0.236. The van der Waals surface area contributed by atoms with Crippen molar-refractivity contribution >= 4 is 17.0 Å². The Balaban J connectivity index is 1.84. The van der Waals surface area contributed by atoms with Crippen LogP contribution >= 0.6 is 0 Å². The van der Waals surface area contributed by atoms with E-state index in [0.29, 0.717) is 17.7 Å². The minimum atomic E-state index is -0.948. The molecule has 0 radical (unpaired) electrons. The Bertz CT molecular complexity index is 617. The number of benzene rings is 1. The first-order chi connectivity index (χ1) is 9.19. The molecule has 1 aromatic heterocycles. The highest BCUT2D eigenvalue weighted by molar-refractivity contribution is 5.92. The fourth-order valence-electron chi connectivity index (χ4n) is 2.45. The van der Waals surface area contributed by atoms with Crippen molar-refractivity contribution in [2.24, 2.45) is 0 Å². The van der Waals surface area contributed by atoms with Crippen molar-refractivity contribution in [3.63, 3.8) is 0 Å². The molecule has 0 amide bonds. The lowest BCUT2D eigenvalue weighted by atomic mass is 9.89. The van der Waals surface area contributed by atoms with Gasteiger partial charge in [-0.25, -0.2) is 9.48 Å². The van der Waals surface area contributed by atoms with Crippen LogP contribution in [0.4, 0.5) is 0 Å². The van der Waals surface area contributed by atoms with E-state index in [4.69, 9.17) is 9.84 Å². The van der Waals surface area contributed by atoms with Crippen LogP contribution in [0.15, 0.2) is 18.2 Å². The maximum Gasteiger partial charge on any atom is 0.335 e. The van der Waals surface area contributed by atoms with Crippen LogP contribution in [0.1, 0.15) is 36.2 Å². The topological polar surface area (TPSA) is 77.2 Å². The molecular formula is C13H15N3O3. The third kappa shape index (κ3) is 2.08. The molecule has 0 spiro atoms. The lowest BCUT2D eigenvalue weighted by Crippen LogP contribution is -2.33. The van der Waals surface area contributed by atoms with Gasteiger partial charge in [0.15, 0.2) is 0 Å². The molecule has 1 aromatic carbocycles. The average molecular weight is 261 g/mol. The molecule has 0 aliphatic heterocycles. The lowest BCUT2D eigenvalue weighted by molar-refractivity contribution is -0.0220. The van der Waals surface area contributed by atoms with Crippen LogP contribution in [0.5, 0.6) is 0 Å². The Morgan fingerprint density at radius 2 is 2.32 bits per heavy atom. The predicted octanol–water partition coefficient (Wildman–Crippen LogP) is 1.87. The third-order valence-corrected chi connectivity index (χ3v) is 3.54. The zero-order valence-corrected chi connectivity index (χ0v) is 10.6. The van der Waals surface area contributed by atoms with Gasteiger partial charge in [-0.3, -0.25) is 0 Å². The number of hydrogen-bond donors (Lipinski definition) is 1. The normalized spacial score (nSPS) is 22.4. The summed E-state index contributed by atoms with van der Waals surface area (Å²) in [5, 5.41) is 17.1. The summed E-state index contributed by atoms with van der Waals surface area (Å²) >= 11 is 0. The Kier molecular flexibility index (Phi) is 2.94. The molecule has 6 heteroatoms. The standard InChI is InChI=1S/C13H15N3O3/c1-2-19-10-6-9(7-10)16-12-4-3-8(13(17)18)5-11(12)14-15-16/h3-5,9-10H,2,6-7H2,1H3,(H,17,18). The maximum absolute atomic E-state index is 10.9. The molecule has 19 heavy (non-hydrogen) atoms.